The summed E-state index contributed by atoms with van der Waals surface area (Å²) in [5.41, 5.74) is 0.342. The highest BCUT2D eigenvalue weighted by Crippen LogP contribution is 2.31. The Kier molecular flexibility index (Phi) is 7.29. The van der Waals surface area contributed by atoms with Crippen LogP contribution in [-0.2, 0) is 16.0 Å². The molecule has 1 aromatic carbocycles. The normalized spacial score (nSPS) is 19.2. The molecule has 0 radical (unpaired) electrons. The fourth-order valence-corrected chi connectivity index (χ4v) is 5.13. The third kappa shape index (κ3) is 5.19. The molecule has 4 rings (SSSR count). The molecule has 2 N–H and O–H groups in total. The van der Waals surface area contributed by atoms with E-state index in [2.05, 4.69) is 14.8 Å². The number of carboxylic acids is 1. The van der Waals surface area contributed by atoms with Crippen molar-refractivity contribution in [1.29, 1.82) is 0 Å². The van der Waals surface area contributed by atoms with Crippen LogP contribution in [0.2, 0.25) is 0 Å². The number of nitrogens with one attached hydrogen (secondary N) is 1. The Hall–Kier alpha value is -2.52. The number of aliphatic carboxylic acids is 1. The molecular formula is C24H31F2N3O4. The van der Waals surface area contributed by atoms with E-state index in [9.17, 15) is 23.5 Å². The molecule has 180 valence electrons. The molecule has 0 saturated carbocycles. The Morgan fingerprint density at radius 3 is 2.45 bits per heavy atom. The van der Waals surface area contributed by atoms with E-state index in [0.29, 0.717) is 6.54 Å². The number of carboxylic acid groups (broad SMARTS) is 1. The number of carbonyl (C=O) groups is 2. The molecule has 2 unspecified atom stereocenters. The van der Waals surface area contributed by atoms with Crippen LogP contribution in [0.5, 0.6) is 0 Å². The van der Waals surface area contributed by atoms with Gasteiger partial charge in [-0.25, -0.2) is 13.6 Å². The van der Waals surface area contributed by atoms with Crippen molar-refractivity contribution in [3.8, 4) is 0 Å². The SMILES string of the molecule is CC(C(Cc1c(C(=O)OCCN2CCCC2)[nH]c2cc(F)cc(F)c12)C(=O)O)N1CCCC1. The van der Waals surface area contributed by atoms with Crippen LogP contribution < -0.4 is 0 Å². The van der Waals surface area contributed by atoms with E-state index in [1.807, 2.05) is 6.92 Å². The summed E-state index contributed by atoms with van der Waals surface area (Å²) < 4.78 is 34.1. The number of carbonyl (C=O) groups excluding carboxylic acids is 1. The lowest BCUT2D eigenvalue weighted by atomic mass is 9.90. The number of rotatable bonds is 9. The summed E-state index contributed by atoms with van der Waals surface area (Å²) in [6.07, 6.45) is 4.19. The maximum atomic E-state index is 14.8. The van der Waals surface area contributed by atoms with Crippen molar-refractivity contribution in [2.45, 2.75) is 45.1 Å². The molecule has 2 fully saturated rings. The Morgan fingerprint density at radius 2 is 1.79 bits per heavy atom. The molecule has 1 aromatic heterocycles. The molecule has 33 heavy (non-hydrogen) atoms. The molecule has 0 aliphatic carbocycles. The third-order valence-electron chi connectivity index (χ3n) is 7.00. The first-order chi connectivity index (χ1) is 15.8. The Balaban J connectivity index is 1.62. The van der Waals surface area contributed by atoms with E-state index in [4.69, 9.17) is 4.74 Å². The molecule has 2 aliphatic rings. The second-order valence-electron chi connectivity index (χ2n) is 9.11. The van der Waals surface area contributed by atoms with E-state index in [0.717, 1.165) is 64.0 Å². The average molecular weight is 464 g/mol. The van der Waals surface area contributed by atoms with E-state index < -0.39 is 29.5 Å². The number of aromatic amines is 1. The second-order valence-corrected chi connectivity index (χ2v) is 9.11. The van der Waals surface area contributed by atoms with Crippen LogP contribution in [0, 0.1) is 17.6 Å². The van der Waals surface area contributed by atoms with Crippen molar-refractivity contribution in [3.63, 3.8) is 0 Å². The quantitative estimate of drug-likeness (QED) is 0.555. The van der Waals surface area contributed by atoms with Crippen LogP contribution in [0.3, 0.4) is 0 Å². The van der Waals surface area contributed by atoms with Gasteiger partial charge in [-0.1, -0.05) is 0 Å². The van der Waals surface area contributed by atoms with Crippen molar-refractivity contribution in [3.05, 3.63) is 35.0 Å². The van der Waals surface area contributed by atoms with E-state index in [1.54, 1.807) is 0 Å². The maximum absolute atomic E-state index is 14.8. The van der Waals surface area contributed by atoms with Gasteiger partial charge >= 0.3 is 11.9 Å². The molecule has 7 nitrogen and oxygen atoms in total. The van der Waals surface area contributed by atoms with Gasteiger partial charge < -0.3 is 14.8 Å². The van der Waals surface area contributed by atoms with Crippen LogP contribution >= 0.6 is 0 Å². The minimum absolute atomic E-state index is 0.00389. The number of benzene rings is 1. The van der Waals surface area contributed by atoms with Gasteiger partial charge in [-0.3, -0.25) is 14.6 Å². The number of nitrogens with zero attached hydrogens (tertiary/aromatic N) is 2. The number of hydrogen-bond donors (Lipinski definition) is 2. The maximum Gasteiger partial charge on any atom is 0.355 e. The molecule has 2 atom stereocenters. The smallest absolute Gasteiger partial charge is 0.355 e. The van der Waals surface area contributed by atoms with Crippen molar-refractivity contribution < 1.29 is 28.2 Å². The number of halogens is 2. The highest BCUT2D eigenvalue weighted by atomic mass is 19.1. The van der Waals surface area contributed by atoms with Crippen molar-refractivity contribution in [2.75, 3.05) is 39.3 Å². The number of esters is 1. The predicted molar refractivity (Wildman–Crippen MR) is 119 cm³/mol. The fraction of sp³-hybridized carbons (Fsp3) is 0.583. The van der Waals surface area contributed by atoms with Crippen LogP contribution in [-0.4, -0.2) is 77.2 Å². The highest BCUT2D eigenvalue weighted by Gasteiger charge is 2.34. The van der Waals surface area contributed by atoms with Gasteiger partial charge in [0.25, 0.3) is 0 Å². The summed E-state index contributed by atoms with van der Waals surface area (Å²) in [4.78, 5) is 32.2. The zero-order valence-electron chi connectivity index (χ0n) is 18.9. The zero-order chi connectivity index (χ0) is 23.5. The molecule has 0 spiro atoms. The summed E-state index contributed by atoms with van der Waals surface area (Å²) >= 11 is 0. The standard InChI is InChI=1S/C24H31F2N3O4/c1-15(29-8-4-5-9-29)17(23(30)31)14-18-21-19(26)12-16(25)13-20(21)27-22(18)24(32)33-11-10-28-6-2-3-7-28/h12-13,15,17,27H,2-11,14H2,1H3,(H,30,31). The molecule has 3 heterocycles. The first-order valence-corrected chi connectivity index (χ1v) is 11.7. The lowest BCUT2D eigenvalue weighted by molar-refractivity contribution is -0.143. The molecular weight excluding hydrogens is 432 g/mol. The second kappa shape index (κ2) is 10.2. The van der Waals surface area contributed by atoms with Crippen molar-refractivity contribution in [2.24, 2.45) is 5.92 Å². The zero-order valence-corrected chi connectivity index (χ0v) is 18.9. The summed E-state index contributed by atoms with van der Waals surface area (Å²) in [5.74, 6) is -4.16. The predicted octanol–water partition coefficient (Wildman–Crippen LogP) is 3.43. The Morgan fingerprint density at radius 1 is 1.12 bits per heavy atom. The molecule has 9 heteroatoms. The van der Waals surface area contributed by atoms with Gasteiger partial charge in [0.1, 0.15) is 23.9 Å². The topological polar surface area (TPSA) is 85.9 Å². The number of aromatic nitrogens is 1. The lowest BCUT2D eigenvalue weighted by Crippen LogP contribution is -2.41. The van der Waals surface area contributed by atoms with Gasteiger partial charge in [0.05, 0.1) is 11.4 Å². The van der Waals surface area contributed by atoms with Gasteiger partial charge in [0, 0.05) is 24.0 Å². The monoisotopic (exact) mass is 463 g/mol. The average Bonchev–Trinajstić information content (AvgIpc) is 3.52. The molecule has 2 aromatic rings. The highest BCUT2D eigenvalue weighted by molar-refractivity contribution is 5.99. The minimum Gasteiger partial charge on any atom is -0.481 e. The minimum atomic E-state index is -1.01. The molecule has 2 saturated heterocycles. The number of fused-ring (bicyclic) bond motifs is 1. The number of likely N-dealkylation sites (tertiary alicyclic amines) is 2. The first kappa shape index (κ1) is 23.6. The van der Waals surface area contributed by atoms with Crippen LogP contribution in [0.25, 0.3) is 10.9 Å². The molecule has 0 bridgehead atoms. The summed E-state index contributed by atoms with van der Waals surface area (Å²) in [7, 11) is 0. The number of hydrogen-bond acceptors (Lipinski definition) is 5. The van der Waals surface area contributed by atoms with Crippen LogP contribution in [0.1, 0.15) is 48.7 Å². The third-order valence-corrected chi connectivity index (χ3v) is 7.00. The van der Waals surface area contributed by atoms with Gasteiger partial charge in [-0.2, -0.15) is 0 Å². The largest absolute Gasteiger partial charge is 0.481 e. The van der Waals surface area contributed by atoms with E-state index >= 15 is 0 Å². The van der Waals surface area contributed by atoms with E-state index in [-0.39, 0.29) is 41.2 Å². The van der Waals surface area contributed by atoms with Gasteiger partial charge in [0.15, 0.2) is 0 Å². The Bertz CT molecular complexity index is 1010. The lowest BCUT2D eigenvalue weighted by Gasteiger charge is -2.29. The number of H-pyrrole nitrogens is 1. The fourth-order valence-electron chi connectivity index (χ4n) is 5.13. The van der Waals surface area contributed by atoms with Crippen LogP contribution in [0.15, 0.2) is 12.1 Å². The Labute approximate surface area is 191 Å². The van der Waals surface area contributed by atoms with Gasteiger partial charge in [-0.05, 0) is 76.8 Å². The number of ether oxygens (including phenoxy) is 1. The summed E-state index contributed by atoms with van der Waals surface area (Å²) in [6.45, 7) is 6.18. The van der Waals surface area contributed by atoms with Gasteiger partial charge in [0.2, 0.25) is 0 Å². The van der Waals surface area contributed by atoms with E-state index in [1.165, 1.54) is 0 Å². The molecule has 2 aliphatic heterocycles. The summed E-state index contributed by atoms with van der Waals surface area (Å²) in [6, 6.07) is 1.57. The van der Waals surface area contributed by atoms with Crippen molar-refractivity contribution in [1.82, 2.24) is 14.8 Å². The first-order valence-electron chi connectivity index (χ1n) is 11.7. The molecule has 0 amide bonds. The van der Waals surface area contributed by atoms with Crippen LogP contribution in [0.4, 0.5) is 8.78 Å². The van der Waals surface area contributed by atoms with Gasteiger partial charge in [-0.15, -0.1) is 0 Å². The summed E-state index contributed by atoms with van der Waals surface area (Å²) in [5, 5.41) is 10.0. The van der Waals surface area contributed by atoms with Crippen molar-refractivity contribution >= 4 is 22.8 Å².